The number of carboxylic acids is 1. The van der Waals surface area contributed by atoms with Crippen LogP contribution in [0.4, 0.5) is 0 Å². The predicted molar refractivity (Wildman–Crippen MR) is 70.0 cm³/mol. The van der Waals surface area contributed by atoms with Gasteiger partial charge in [-0.05, 0) is 0 Å². The van der Waals surface area contributed by atoms with Crippen molar-refractivity contribution in [3.05, 3.63) is 16.1 Å². The molecule has 1 aromatic heterocycles. The fraction of sp³-hybridized carbons (Fsp3) is 0.583. The monoisotopic (exact) mass is 270 g/mol. The number of rotatable bonds is 5. The van der Waals surface area contributed by atoms with E-state index in [2.05, 4.69) is 4.98 Å². The lowest BCUT2D eigenvalue weighted by atomic mass is 10.2. The number of carbonyl (C=O) groups is 2. The molecule has 0 fully saturated rings. The van der Waals surface area contributed by atoms with Gasteiger partial charge in [-0.1, -0.05) is 20.8 Å². The van der Waals surface area contributed by atoms with E-state index in [9.17, 15) is 9.59 Å². The van der Waals surface area contributed by atoms with Crippen LogP contribution in [0.3, 0.4) is 0 Å². The minimum atomic E-state index is -0.907. The van der Waals surface area contributed by atoms with Crippen LogP contribution in [0.2, 0.25) is 0 Å². The molecule has 0 aliphatic rings. The van der Waals surface area contributed by atoms with Crippen molar-refractivity contribution in [2.45, 2.75) is 26.7 Å². The SMILES string of the molecule is CC(CN(C)C(=O)c1csc(C(C)C)n1)C(=O)O. The third-order valence-corrected chi connectivity index (χ3v) is 3.70. The average Bonchev–Trinajstić information content (AvgIpc) is 2.76. The average molecular weight is 270 g/mol. The zero-order valence-corrected chi connectivity index (χ0v) is 11.8. The molecule has 5 nitrogen and oxygen atoms in total. The number of nitrogens with zero attached hydrogens (tertiary/aromatic N) is 2. The molecule has 0 aliphatic carbocycles. The van der Waals surface area contributed by atoms with Gasteiger partial charge < -0.3 is 10.0 Å². The first-order chi connectivity index (χ1) is 8.32. The first kappa shape index (κ1) is 14.6. The van der Waals surface area contributed by atoms with Gasteiger partial charge in [-0.15, -0.1) is 11.3 Å². The molecule has 0 bridgehead atoms. The van der Waals surface area contributed by atoms with Crippen molar-refractivity contribution in [2.75, 3.05) is 13.6 Å². The second-order valence-corrected chi connectivity index (χ2v) is 5.54. The van der Waals surface area contributed by atoms with E-state index < -0.39 is 11.9 Å². The normalized spacial score (nSPS) is 12.5. The highest BCUT2D eigenvalue weighted by Gasteiger charge is 2.20. The number of carboxylic acid groups (broad SMARTS) is 1. The second kappa shape index (κ2) is 5.95. The van der Waals surface area contributed by atoms with Gasteiger partial charge in [-0.25, -0.2) is 4.98 Å². The zero-order valence-electron chi connectivity index (χ0n) is 11.0. The van der Waals surface area contributed by atoms with Crippen molar-refractivity contribution in [2.24, 2.45) is 5.92 Å². The summed E-state index contributed by atoms with van der Waals surface area (Å²) in [5.41, 5.74) is 0.392. The molecule has 0 spiro atoms. The maximum atomic E-state index is 12.0. The topological polar surface area (TPSA) is 70.5 Å². The summed E-state index contributed by atoms with van der Waals surface area (Å²) in [5.74, 6) is -1.43. The Hall–Kier alpha value is -1.43. The summed E-state index contributed by atoms with van der Waals surface area (Å²) in [4.78, 5) is 28.4. The van der Waals surface area contributed by atoms with Gasteiger partial charge in [-0.3, -0.25) is 9.59 Å². The maximum absolute atomic E-state index is 12.0. The van der Waals surface area contributed by atoms with Crippen molar-refractivity contribution >= 4 is 23.2 Å². The number of amides is 1. The first-order valence-electron chi connectivity index (χ1n) is 5.76. The Labute approximate surface area is 110 Å². The van der Waals surface area contributed by atoms with Gasteiger partial charge in [-0.2, -0.15) is 0 Å². The van der Waals surface area contributed by atoms with Gasteiger partial charge in [0, 0.05) is 24.9 Å². The van der Waals surface area contributed by atoms with Gasteiger partial charge in [0.25, 0.3) is 5.91 Å². The van der Waals surface area contributed by atoms with Crippen LogP contribution in [0.5, 0.6) is 0 Å². The summed E-state index contributed by atoms with van der Waals surface area (Å²) in [6, 6.07) is 0. The minimum absolute atomic E-state index is 0.183. The molecule has 100 valence electrons. The first-order valence-corrected chi connectivity index (χ1v) is 6.64. The summed E-state index contributed by atoms with van der Waals surface area (Å²) in [6.45, 7) is 5.79. The lowest BCUT2D eigenvalue weighted by Gasteiger charge is -2.18. The van der Waals surface area contributed by atoms with E-state index in [1.807, 2.05) is 13.8 Å². The molecule has 1 atom stereocenters. The largest absolute Gasteiger partial charge is 0.481 e. The Balaban J connectivity index is 2.71. The van der Waals surface area contributed by atoms with Crippen LogP contribution in [-0.4, -0.2) is 40.5 Å². The molecule has 1 N–H and O–H groups in total. The van der Waals surface area contributed by atoms with E-state index in [1.165, 1.54) is 16.2 Å². The Morgan fingerprint density at radius 3 is 2.50 bits per heavy atom. The highest BCUT2D eigenvalue weighted by atomic mass is 32.1. The second-order valence-electron chi connectivity index (χ2n) is 4.65. The molecule has 0 aromatic carbocycles. The summed E-state index contributed by atoms with van der Waals surface area (Å²) in [7, 11) is 1.59. The van der Waals surface area contributed by atoms with Gasteiger partial charge in [0.1, 0.15) is 5.69 Å². The molecule has 6 heteroatoms. The van der Waals surface area contributed by atoms with E-state index >= 15 is 0 Å². The Morgan fingerprint density at radius 2 is 2.06 bits per heavy atom. The Bertz CT molecular complexity index is 442. The van der Waals surface area contributed by atoms with Crippen molar-refractivity contribution in [3.63, 3.8) is 0 Å². The van der Waals surface area contributed by atoms with Crippen LogP contribution in [-0.2, 0) is 4.79 Å². The molecule has 1 heterocycles. The van der Waals surface area contributed by atoms with Crippen LogP contribution in [0.15, 0.2) is 5.38 Å². The summed E-state index contributed by atoms with van der Waals surface area (Å²) < 4.78 is 0. The van der Waals surface area contributed by atoms with Crippen molar-refractivity contribution in [1.29, 1.82) is 0 Å². The lowest BCUT2D eigenvalue weighted by Crippen LogP contribution is -2.33. The van der Waals surface area contributed by atoms with Crippen LogP contribution in [0, 0.1) is 5.92 Å². The number of aliphatic carboxylic acids is 1. The molecule has 18 heavy (non-hydrogen) atoms. The van der Waals surface area contributed by atoms with Gasteiger partial charge in [0.15, 0.2) is 0 Å². The predicted octanol–water partition coefficient (Wildman–Crippen LogP) is 2.06. The molecular formula is C12H18N2O3S. The molecule has 1 amide bonds. The summed E-state index contributed by atoms with van der Waals surface area (Å²) >= 11 is 1.45. The van der Waals surface area contributed by atoms with Gasteiger partial charge in [0.05, 0.1) is 10.9 Å². The van der Waals surface area contributed by atoms with E-state index in [0.717, 1.165) is 5.01 Å². The van der Waals surface area contributed by atoms with Crippen LogP contribution in [0.25, 0.3) is 0 Å². The summed E-state index contributed by atoms with van der Waals surface area (Å²) in [5, 5.41) is 11.4. The molecule has 1 unspecified atom stereocenters. The highest BCUT2D eigenvalue weighted by molar-refractivity contribution is 7.09. The molecule has 0 saturated carbocycles. The lowest BCUT2D eigenvalue weighted by molar-refractivity contribution is -0.141. The van der Waals surface area contributed by atoms with E-state index in [0.29, 0.717) is 11.6 Å². The minimum Gasteiger partial charge on any atom is -0.481 e. The molecule has 0 saturated heterocycles. The quantitative estimate of drug-likeness (QED) is 0.889. The molecule has 0 radical (unpaired) electrons. The van der Waals surface area contributed by atoms with Crippen LogP contribution < -0.4 is 0 Å². The molecule has 1 aromatic rings. The number of carbonyl (C=O) groups excluding carboxylic acids is 1. The summed E-state index contributed by atoms with van der Waals surface area (Å²) in [6.07, 6.45) is 0. The molecule has 0 aliphatic heterocycles. The number of thiazole rings is 1. The zero-order chi connectivity index (χ0) is 13.9. The van der Waals surface area contributed by atoms with Crippen LogP contribution >= 0.6 is 11.3 Å². The van der Waals surface area contributed by atoms with E-state index in [1.54, 1.807) is 19.4 Å². The maximum Gasteiger partial charge on any atom is 0.308 e. The van der Waals surface area contributed by atoms with Gasteiger partial charge >= 0.3 is 5.97 Å². The van der Waals surface area contributed by atoms with Gasteiger partial charge in [0.2, 0.25) is 0 Å². The number of hydrogen-bond donors (Lipinski definition) is 1. The smallest absolute Gasteiger partial charge is 0.308 e. The number of hydrogen-bond acceptors (Lipinski definition) is 4. The van der Waals surface area contributed by atoms with Crippen molar-refractivity contribution in [3.8, 4) is 0 Å². The Kier molecular flexibility index (Phi) is 4.84. The third-order valence-electron chi connectivity index (χ3n) is 2.55. The molecular weight excluding hydrogens is 252 g/mol. The third kappa shape index (κ3) is 3.53. The van der Waals surface area contributed by atoms with Crippen molar-refractivity contribution < 1.29 is 14.7 Å². The van der Waals surface area contributed by atoms with Crippen molar-refractivity contribution in [1.82, 2.24) is 9.88 Å². The standard InChI is InChI=1S/C12H18N2O3S/c1-7(2)10-13-9(6-18-10)11(15)14(4)5-8(3)12(16)17/h6-8H,5H2,1-4H3,(H,16,17). The van der Waals surface area contributed by atoms with E-state index in [-0.39, 0.29) is 12.5 Å². The van der Waals surface area contributed by atoms with E-state index in [4.69, 9.17) is 5.11 Å². The van der Waals surface area contributed by atoms with Crippen LogP contribution in [0.1, 0.15) is 42.2 Å². The fourth-order valence-corrected chi connectivity index (χ4v) is 2.23. The molecule has 1 rings (SSSR count). The fourth-order valence-electron chi connectivity index (χ4n) is 1.42. The highest BCUT2D eigenvalue weighted by Crippen LogP contribution is 2.20. The number of aromatic nitrogens is 1. The Morgan fingerprint density at radius 1 is 1.44 bits per heavy atom.